The van der Waals surface area contributed by atoms with Gasteiger partial charge in [0, 0.05) is 10.6 Å². The van der Waals surface area contributed by atoms with Crippen LogP contribution in [-0.2, 0) is 0 Å². The zero-order valence-corrected chi connectivity index (χ0v) is 11.8. The van der Waals surface area contributed by atoms with Gasteiger partial charge in [-0.15, -0.1) is 11.3 Å². The summed E-state index contributed by atoms with van der Waals surface area (Å²) in [7, 11) is 0. The smallest absolute Gasteiger partial charge is 0.187 e. The summed E-state index contributed by atoms with van der Waals surface area (Å²) in [6.45, 7) is 2.03. The van der Waals surface area contributed by atoms with Crippen LogP contribution < -0.4 is 5.73 Å². The Morgan fingerprint density at radius 2 is 2.05 bits per heavy atom. The van der Waals surface area contributed by atoms with E-state index in [2.05, 4.69) is 5.16 Å². The molecule has 5 heteroatoms. The van der Waals surface area contributed by atoms with Gasteiger partial charge in [0.25, 0.3) is 0 Å². The van der Waals surface area contributed by atoms with Gasteiger partial charge in [-0.25, -0.2) is 0 Å². The zero-order chi connectivity index (χ0) is 13.4. The molecule has 19 heavy (non-hydrogen) atoms. The molecule has 3 rings (SSSR count). The summed E-state index contributed by atoms with van der Waals surface area (Å²) in [5, 5.41) is 6.53. The van der Waals surface area contributed by atoms with Crippen LogP contribution in [0.15, 0.2) is 40.2 Å². The summed E-state index contributed by atoms with van der Waals surface area (Å²) in [6.07, 6.45) is 0. The molecule has 1 aromatic carbocycles. The fourth-order valence-corrected chi connectivity index (χ4v) is 3.13. The molecule has 0 spiro atoms. The molecule has 2 aromatic heterocycles. The quantitative estimate of drug-likeness (QED) is 0.749. The van der Waals surface area contributed by atoms with Crippen molar-refractivity contribution < 1.29 is 4.52 Å². The number of aryl methyl sites for hydroxylation is 1. The minimum Gasteiger partial charge on any atom is -0.380 e. The molecule has 0 bridgehead atoms. The molecule has 0 unspecified atom stereocenters. The second-order valence-corrected chi connectivity index (χ2v) is 5.51. The minimum atomic E-state index is 0.357. The lowest BCUT2D eigenvalue weighted by Gasteiger charge is -2.04. The van der Waals surface area contributed by atoms with Crippen molar-refractivity contribution in [3.63, 3.8) is 0 Å². The van der Waals surface area contributed by atoms with Gasteiger partial charge in [-0.1, -0.05) is 35.0 Å². The van der Waals surface area contributed by atoms with Gasteiger partial charge >= 0.3 is 0 Å². The first-order valence-corrected chi connectivity index (χ1v) is 6.98. The van der Waals surface area contributed by atoms with Crippen molar-refractivity contribution in [3.05, 3.63) is 46.3 Å². The summed E-state index contributed by atoms with van der Waals surface area (Å²) in [5.41, 5.74) is 8.67. The summed E-state index contributed by atoms with van der Waals surface area (Å²) in [4.78, 5) is 1.03. The van der Waals surface area contributed by atoms with Gasteiger partial charge in [-0.2, -0.15) is 0 Å². The number of hydrogen-bond donors (Lipinski definition) is 1. The highest BCUT2D eigenvalue weighted by Gasteiger charge is 2.21. The Morgan fingerprint density at radius 3 is 2.74 bits per heavy atom. The van der Waals surface area contributed by atoms with Gasteiger partial charge in [0.1, 0.15) is 0 Å². The number of thiophene rings is 1. The van der Waals surface area contributed by atoms with E-state index < -0.39 is 0 Å². The highest BCUT2D eigenvalue weighted by atomic mass is 35.5. The first-order valence-electron chi connectivity index (χ1n) is 5.73. The number of hydrogen-bond acceptors (Lipinski definition) is 4. The third kappa shape index (κ3) is 2.03. The molecule has 96 valence electrons. The van der Waals surface area contributed by atoms with Crippen molar-refractivity contribution in [1.29, 1.82) is 0 Å². The normalized spacial score (nSPS) is 10.8. The van der Waals surface area contributed by atoms with Crippen LogP contribution in [0.25, 0.3) is 21.8 Å². The third-order valence-electron chi connectivity index (χ3n) is 2.93. The average Bonchev–Trinajstić information content (AvgIpc) is 2.96. The Labute approximate surface area is 119 Å². The lowest BCUT2D eigenvalue weighted by Crippen LogP contribution is -1.89. The minimum absolute atomic E-state index is 0.357. The van der Waals surface area contributed by atoms with E-state index in [0.717, 1.165) is 21.6 Å². The van der Waals surface area contributed by atoms with Gasteiger partial charge in [0.15, 0.2) is 11.6 Å². The van der Waals surface area contributed by atoms with Gasteiger partial charge in [0.2, 0.25) is 0 Å². The van der Waals surface area contributed by atoms with Crippen molar-refractivity contribution in [1.82, 2.24) is 5.16 Å². The lowest BCUT2D eigenvalue weighted by molar-refractivity contribution is 0.437. The highest BCUT2D eigenvalue weighted by Crippen LogP contribution is 2.42. The van der Waals surface area contributed by atoms with Crippen LogP contribution in [0.2, 0.25) is 5.02 Å². The first kappa shape index (κ1) is 12.3. The number of anilines is 1. The summed E-state index contributed by atoms with van der Waals surface area (Å²) >= 11 is 7.84. The number of rotatable bonds is 2. The van der Waals surface area contributed by atoms with Gasteiger partial charge in [-0.05, 0) is 30.0 Å². The lowest BCUT2D eigenvalue weighted by atomic mass is 10.0. The molecule has 0 aliphatic rings. The van der Waals surface area contributed by atoms with Crippen molar-refractivity contribution in [3.8, 4) is 21.8 Å². The Kier molecular flexibility index (Phi) is 3.05. The molecule has 0 aliphatic heterocycles. The Balaban J connectivity index is 2.26. The predicted octanol–water partition coefficient (Wildman–Crippen LogP) is 4.61. The highest BCUT2D eigenvalue weighted by molar-refractivity contribution is 7.13. The molecule has 0 aliphatic carbocycles. The Bertz CT molecular complexity index is 733. The third-order valence-corrected chi connectivity index (χ3v) is 4.27. The molecule has 0 fully saturated rings. The van der Waals surface area contributed by atoms with Gasteiger partial charge in [0.05, 0.1) is 10.4 Å². The second kappa shape index (κ2) is 4.72. The maximum Gasteiger partial charge on any atom is 0.187 e. The Hall–Kier alpha value is -1.78. The molecule has 0 atom stereocenters. The standard InChI is InChI=1S/C14H11ClN2OS/c1-8-6-7-19-13(8)12-11(14(16)17-18-12)9-4-2-3-5-10(9)15/h2-7H,1H3,(H2,16,17). The van der Waals surface area contributed by atoms with E-state index in [0.29, 0.717) is 16.6 Å². The zero-order valence-electron chi connectivity index (χ0n) is 10.2. The molecule has 3 nitrogen and oxygen atoms in total. The van der Waals surface area contributed by atoms with E-state index in [1.807, 2.05) is 42.6 Å². The molecular weight excluding hydrogens is 280 g/mol. The van der Waals surface area contributed by atoms with E-state index in [1.54, 1.807) is 11.3 Å². The summed E-state index contributed by atoms with van der Waals surface area (Å²) in [6, 6.07) is 9.57. The van der Waals surface area contributed by atoms with Crippen LogP contribution in [0.5, 0.6) is 0 Å². The van der Waals surface area contributed by atoms with Crippen LogP contribution in [0, 0.1) is 6.92 Å². The van der Waals surface area contributed by atoms with Crippen molar-refractivity contribution >= 4 is 28.8 Å². The van der Waals surface area contributed by atoms with Crippen LogP contribution in [0.1, 0.15) is 5.56 Å². The maximum absolute atomic E-state index is 6.24. The number of nitrogens with two attached hydrogens (primary N) is 1. The molecule has 3 aromatic rings. The van der Waals surface area contributed by atoms with Crippen molar-refractivity contribution in [2.45, 2.75) is 6.92 Å². The van der Waals surface area contributed by atoms with E-state index in [-0.39, 0.29) is 0 Å². The van der Waals surface area contributed by atoms with E-state index in [9.17, 15) is 0 Å². The van der Waals surface area contributed by atoms with Crippen molar-refractivity contribution in [2.24, 2.45) is 0 Å². The predicted molar refractivity (Wildman–Crippen MR) is 79.4 cm³/mol. The van der Waals surface area contributed by atoms with E-state index in [1.165, 1.54) is 0 Å². The molecule has 0 radical (unpaired) electrons. The topological polar surface area (TPSA) is 52.0 Å². The average molecular weight is 291 g/mol. The molecular formula is C14H11ClN2OS. The maximum atomic E-state index is 6.24. The SMILES string of the molecule is Cc1ccsc1-c1onc(N)c1-c1ccccc1Cl. The van der Waals surface area contributed by atoms with Gasteiger partial charge in [-0.3, -0.25) is 0 Å². The summed E-state index contributed by atoms with van der Waals surface area (Å²) in [5.74, 6) is 1.04. The fourth-order valence-electron chi connectivity index (χ4n) is 1.99. The van der Waals surface area contributed by atoms with Crippen LogP contribution >= 0.6 is 22.9 Å². The molecule has 0 saturated carbocycles. The van der Waals surface area contributed by atoms with Crippen LogP contribution in [0.3, 0.4) is 0 Å². The first-order chi connectivity index (χ1) is 9.18. The molecule has 0 saturated heterocycles. The Morgan fingerprint density at radius 1 is 1.26 bits per heavy atom. The van der Waals surface area contributed by atoms with E-state index >= 15 is 0 Å². The van der Waals surface area contributed by atoms with Crippen molar-refractivity contribution in [2.75, 3.05) is 5.73 Å². The monoisotopic (exact) mass is 290 g/mol. The fraction of sp³-hybridized carbons (Fsp3) is 0.0714. The largest absolute Gasteiger partial charge is 0.380 e. The summed E-state index contributed by atoms with van der Waals surface area (Å²) < 4.78 is 5.41. The van der Waals surface area contributed by atoms with E-state index in [4.69, 9.17) is 21.9 Å². The van der Waals surface area contributed by atoms with Gasteiger partial charge < -0.3 is 10.3 Å². The van der Waals surface area contributed by atoms with Crippen LogP contribution in [0.4, 0.5) is 5.82 Å². The number of nitrogen functional groups attached to an aromatic ring is 1. The number of benzene rings is 1. The molecule has 0 amide bonds. The molecule has 2 N–H and O–H groups in total. The number of nitrogens with zero attached hydrogens (tertiary/aromatic N) is 1. The van der Waals surface area contributed by atoms with Crippen LogP contribution in [-0.4, -0.2) is 5.16 Å². The number of halogens is 1. The second-order valence-electron chi connectivity index (χ2n) is 4.18. The molecule has 2 heterocycles. The number of aromatic nitrogens is 1.